The molecule has 0 spiro atoms. The summed E-state index contributed by atoms with van der Waals surface area (Å²) in [5.41, 5.74) is 0.253. The van der Waals surface area contributed by atoms with Crippen LogP contribution < -0.4 is 0 Å². The van der Waals surface area contributed by atoms with Crippen molar-refractivity contribution in [1.29, 1.82) is 5.26 Å². The van der Waals surface area contributed by atoms with E-state index in [1.165, 1.54) is 12.1 Å². The van der Waals surface area contributed by atoms with Crippen LogP contribution in [0.25, 0.3) is 0 Å². The van der Waals surface area contributed by atoms with Crippen LogP contribution in [0.3, 0.4) is 0 Å². The van der Waals surface area contributed by atoms with Gasteiger partial charge in [0.15, 0.2) is 0 Å². The maximum atomic E-state index is 13.7. The number of piperazine rings is 1. The summed E-state index contributed by atoms with van der Waals surface area (Å²) in [6, 6.07) is 4.85. The predicted molar refractivity (Wildman–Crippen MR) is 63.8 cm³/mol. The molecule has 0 bridgehead atoms. The van der Waals surface area contributed by atoms with E-state index in [9.17, 15) is 14.0 Å². The van der Waals surface area contributed by atoms with Crippen molar-refractivity contribution in [2.45, 2.75) is 6.04 Å². The van der Waals surface area contributed by atoms with Gasteiger partial charge < -0.3 is 4.90 Å². The van der Waals surface area contributed by atoms with Gasteiger partial charge in [0.05, 0.1) is 6.07 Å². The number of nitriles is 1. The Labute approximate surface area is 105 Å². The van der Waals surface area contributed by atoms with Crippen LogP contribution in [0, 0.1) is 23.0 Å². The van der Waals surface area contributed by atoms with Gasteiger partial charge in [-0.15, -0.1) is 0 Å². The molecule has 0 aliphatic carbocycles. The predicted octanol–water partition coefficient (Wildman–Crippen LogP) is 1.78. The van der Waals surface area contributed by atoms with Gasteiger partial charge in [-0.1, -0.05) is 6.07 Å². The highest BCUT2D eigenvalue weighted by Gasteiger charge is 2.25. The van der Waals surface area contributed by atoms with E-state index in [1.807, 2.05) is 11.9 Å². The van der Waals surface area contributed by atoms with Crippen LogP contribution >= 0.6 is 0 Å². The van der Waals surface area contributed by atoms with Gasteiger partial charge in [-0.25, -0.2) is 8.78 Å². The monoisotopic (exact) mass is 251 g/mol. The third-order valence-electron chi connectivity index (χ3n) is 3.28. The van der Waals surface area contributed by atoms with Gasteiger partial charge in [0.2, 0.25) is 0 Å². The minimum absolute atomic E-state index is 0.253. The fraction of sp³-hybridized carbons (Fsp3) is 0.462. The summed E-state index contributed by atoms with van der Waals surface area (Å²) < 4.78 is 26.6. The van der Waals surface area contributed by atoms with Crippen molar-refractivity contribution in [3.05, 3.63) is 35.4 Å². The first kappa shape index (κ1) is 12.9. The summed E-state index contributed by atoms with van der Waals surface area (Å²) in [6.07, 6.45) is 0. The van der Waals surface area contributed by atoms with E-state index in [-0.39, 0.29) is 5.56 Å². The van der Waals surface area contributed by atoms with E-state index < -0.39 is 17.7 Å². The second-order valence-corrected chi connectivity index (χ2v) is 4.54. The van der Waals surface area contributed by atoms with Crippen LogP contribution in [-0.4, -0.2) is 43.0 Å². The molecule has 1 saturated heterocycles. The summed E-state index contributed by atoms with van der Waals surface area (Å²) >= 11 is 0. The molecule has 1 atom stereocenters. The molecule has 0 amide bonds. The SMILES string of the molecule is CN1CCN(C(C#N)c2ccc(F)cc2F)CC1. The van der Waals surface area contributed by atoms with Crippen LogP contribution in [0.4, 0.5) is 8.78 Å². The first-order valence-electron chi connectivity index (χ1n) is 5.89. The Hall–Kier alpha value is -1.51. The van der Waals surface area contributed by atoms with Crippen LogP contribution in [0.5, 0.6) is 0 Å². The lowest BCUT2D eigenvalue weighted by Gasteiger charge is -2.35. The fourth-order valence-electron chi connectivity index (χ4n) is 2.15. The van der Waals surface area contributed by atoms with Crippen molar-refractivity contribution >= 4 is 0 Å². The third-order valence-corrected chi connectivity index (χ3v) is 3.28. The van der Waals surface area contributed by atoms with Gasteiger partial charge in [0.25, 0.3) is 0 Å². The number of hydrogen-bond acceptors (Lipinski definition) is 3. The number of hydrogen-bond donors (Lipinski definition) is 0. The average molecular weight is 251 g/mol. The zero-order valence-electron chi connectivity index (χ0n) is 10.2. The van der Waals surface area contributed by atoms with Crippen molar-refractivity contribution < 1.29 is 8.78 Å². The van der Waals surface area contributed by atoms with Gasteiger partial charge in [0.1, 0.15) is 17.7 Å². The highest BCUT2D eigenvalue weighted by molar-refractivity contribution is 5.26. The Balaban J connectivity index is 2.21. The molecule has 0 radical (unpaired) electrons. The van der Waals surface area contributed by atoms with E-state index in [0.29, 0.717) is 13.1 Å². The lowest BCUT2D eigenvalue weighted by Crippen LogP contribution is -2.45. The largest absolute Gasteiger partial charge is 0.304 e. The zero-order chi connectivity index (χ0) is 13.1. The molecular formula is C13H15F2N3. The Morgan fingerprint density at radius 3 is 2.44 bits per heavy atom. The molecule has 5 heteroatoms. The minimum Gasteiger partial charge on any atom is -0.304 e. The standard InChI is InChI=1S/C13H15F2N3/c1-17-4-6-18(7-5-17)13(9-16)11-3-2-10(14)8-12(11)15/h2-3,8,13H,4-7H2,1H3. The smallest absolute Gasteiger partial charge is 0.131 e. The van der Waals surface area contributed by atoms with Crippen molar-refractivity contribution in [3.8, 4) is 6.07 Å². The topological polar surface area (TPSA) is 30.3 Å². The Bertz CT molecular complexity index is 462. The van der Waals surface area contributed by atoms with Crippen molar-refractivity contribution in [1.82, 2.24) is 9.80 Å². The number of rotatable bonds is 2. The van der Waals surface area contributed by atoms with Gasteiger partial charge in [-0.2, -0.15) is 5.26 Å². The van der Waals surface area contributed by atoms with Crippen molar-refractivity contribution in [2.75, 3.05) is 33.2 Å². The van der Waals surface area contributed by atoms with E-state index in [4.69, 9.17) is 0 Å². The summed E-state index contributed by atoms with van der Waals surface area (Å²) in [7, 11) is 2.01. The first-order valence-corrected chi connectivity index (χ1v) is 5.89. The molecule has 1 fully saturated rings. The van der Waals surface area contributed by atoms with E-state index in [1.54, 1.807) is 0 Å². The minimum atomic E-state index is -0.652. The molecule has 1 aromatic rings. The number of benzene rings is 1. The third kappa shape index (κ3) is 2.66. The molecule has 1 unspecified atom stereocenters. The number of halogens is 2. The van der Waals surface area contributed by atoms with Crippen molar-refractivity contribution in [3.63, 3.8) is 0 Å². The summed E-state index contributed by atoms with van der Waals surface area (Å²) in [6.45, 7) is 3.12. The fourth-order valence-corrected chi connectivity index (χ4v) is 2.15. The lowest BCUT2D eigenvalue weighted by atomic mass is 10.0. The molecule has 0 N–H and O–H groups in total. The first-order chi connectivity index (χ1) is 8.61. The van der Waals surface area contributed by atoms with Crippen LogP contribution in [-0.2, 0) is 0 Å². The molecule has 2 rings (SSSR count). The zero-order valence-corrected chi connectivity index (χ0v) is 10.2. The highest BCUT2D eigenvalue weighted by atomic mass is 19.1. The van der Waals surface area contributed by atoms with Gasteiger partial charge in [-0.05, 0) is 13.1 Å². The molecule has 0 aromatic heterocycles. The molecule has 0 saturated carbocycles. The molecule has 96 valence electrons. The second-order valence-electron chi connectivity index (χ2n) is 4.54. The van der Waals surface area contributed by atoms with E-state index in [2.05, 4.69) is 11.0 Å². The highest BCUT2D eigenvalue weighted by Crippen LogP contribution is 2.24. The quantitative estimate of drug-likeness (QED) is 0.802. The molecule has 18 heavy (non-hydrogen) atoms. The maximum Gasteiger partial charge on any atom is 0.131 e. The Kier molecular flexibility index (Phi) is 3.90. The normalized spacial score (nSPS) is 19.4. The van der Waals surface area contributed by atoms with Crippen molar-refractivity contribution in [2.24, 2.45) is 0 Å². The second kappa shape index (κ2) is 5.42. The molecule has 3 nitrogen and oxygen atoms in total. The summed E-state index contributed by atoms with van der Waals surface area (Å²) in [5, 5.41) is 9.23. The Morgan fingerprint density at radius 1 is 1.22 bits per heavy atom. The van der Waals surface area contributed by atoms with Crippen LogP contribution in [0.1, 0.15) is 11.6 Å². The molecule has 1 aromatic carbocycles. The maximum absolute atomic E-state index is 13.7. The average Bonchev–Trinajstić information content (AvgIpc) is 2.35. The van der Waals surface area contributed by atoms with Crippen LogP contribution in [0.2, 0.25) is 0 Å². The molecular weight excluding hydrogens is 236 g/mol. The van der Waals surface area contributed by atoms with Gasteiger partial charge in [-0.3, -0.25) is 4.90 Å². The summed E-state index contributed by atoms with van der Waals surface area (Å²) in [5.74, 6) is -1.27. The lowest BCUT2D eigenvalue weighted by molar-refractivity contribution is 0.131. The number of nitrogens with zero attached hydrogens (tertiary/aromatic N) is 3. The Morgan fingerprint density at radius 2 is 1.89 bits per heavy atom. The summed E-state index contributed by atoms with van der Waals surface area (Å²) in [4.78, 5) is 4.09. The van der Waals surface area contributed by atoms with Crippen LogP contribution in [0.15, 0.2) is 18.2 Å². The van der Waals surface area contributed by atoms with Gasteiger partial charge in [0, 0.05) is 37.8 Å². The van der Waals surface area contributed by atoms with E-state index >= 15 is 0 Å². The molecule has 1 aliphatic rings. The van der Waals surface area contributed by atoms with Gasteiger partial charge >= 0.3 is 0 Å². The molecule has 1 aliphatic heterocycles. The molecule has 1 heterocycles. The number of likely N-dealkylation sites (N-methyl/N-ethyl adjacent to an activating group) is 1. The van der Waals surface area contributed by atoms with E-state index in [0.717, 1.165) is 19.2 Å².